The number of pyridine rings is 1. The van der Waals surface area contributed by atoms with E-state index in [0.29, 0.717) is 35.5 Å². The van der Waals surface area contributed by atoms with E-state index in [0.717, 1.165) is 6.54 Å². The second-order valence-electron chi connectivity index (χ2n) is 4.74. The van der Waals surface area contributed by atoms with Crippen LogP contribution in [0.3, 0.4) is 0 Å². The van der Waals surface area contributed by atoms with Crippen LogP contribution in [0.5, 0.6) is 0 Å². The van der Waals surface area contributed by atoms with E-state index in [1.54, 1.807) is 19.4 Å². The normalized spacial score (nSPS) is 10.8. The van der Waals surface area contributed by atoms with Gasteiger partial charge in [-0.3, -0.25) is 5.41 Å². The maximum Gasteiger partial charge on any atom is 0.148 e. The number of aromatic nitrogens is 1. The standard InChI is InChI=1S/C13H21ClN4O/c1-9(2)8-18(6-7-19-3)13-11(14)10(12(15)16)4-5-17-13/h4-5,9H,6-8H2,1-3H3,(H3,15,16). The summed E-state index contributed by atoms with van der Waals surface area (Å²) in [6.07, 6.45) is 1.62. The molecule has 19 heavy (non-hydrogen) atoms. The minimum absolute atomic E-state index is 0.0510. The van der Waals surface area contributed by atoms with Crippen molar-refractivity contribution in [3.63, 3.8) is 0 Å². The maximum absolute atomic E-state index is 7.52. The highest BCUT2D eigenvalue weighted by Crippen LogP contribution is 2.27. The van der Waals surface area contributed by atoms with Crippen molar-refractivity contribution in [3.8, 4) is 0 Å². The molecule has 0 aliphatic carbocycles. The molecule has 1 rings (SSSR count). The van der Waals surface area contributed by atoms with E-state index >= 15 is 0 Å². The lowest BCUT2D eigenvalue weighted by Gasteiger charge is -2.26. The first-order valence-electron chi connectivity index (χ1n) is 6.20. The molecule has 0 fully saturated rings. The Hall–Kier alpha value is -1.33. The minimum atomic E-state index is -0.0510. The molecule has 0 saturated carbocycles. The molecule has 0 aliphatic rings. The van der Waals surface area contributed by atoms with Gasteiger partial charge >= 0.3 is 0 Å². The second kappa shape index (κ2) is 7.31. The van der Waals surface area contributed by atoms with Gasteiger partial charge in [0.2, 0.25) is 0 Å². The van der Waals surface area contributed by atoms with Crippen LogP contribution in [0.1, 0.15) is 19.4 Å². The molecule has 106 valence electrons. The van der Waals surface area contributed by atoms with Crippen molar-refractivity contribution in [1.82, 2.24) is 4.98 Å². The van der Waals surface area contributed by atoms with Crippen LogP contribution >= 0.6 is 11.6 Å². The molecule has 0 radical (unpaired) electrons. The van der Waals surface area contributed by atoms with E-state index in [1.165, 1.54) is 0 Å². The molecular formula is C13H21ClN4O. The molecule has 6 heteroatoms. The zero-order valence-corrected chi connectivity index (χ0v) is 12.4. The predicted molar refractivity (Wildman–Crippen MR) is 79.2 cm³/mol. The number of hydrogen-bond donors (Lipinski definition) is 2. The van der Waals surface area contributed by atoms with Gasteiger partial charge in [-0.1, -0.05) is 25.4 Å². The minimum Gasteiger partial charge on any atom is -0.384 e. The Balaban J connectivity index is 3.07. The first-order valence-corrected chi connectivity index (χ1v) is 6.58. The summed E-state index contributed by atoms with van der Waals surface area (Å²) in [6.45, 7) is 6.36. The number of methoxy groups -OCH3 is 1. The van der Waals surface area contributed by atoms with Crippen molar-refractivity contribution in [1.29, 1.82) is 5.41 Å². The third-order valence-corrected chi connectivity index (χ3v) is 2.98. The fraction of sp³-hybridized carbons (Fsp3) is 0.538. The molecule has 0 amide bonds. The highest BCUT2D eigenvalue weighted by molar-refractivity contribution is 6.36. The SMILES string of the molecule is COCCN(CC(C)C)c1nccc(C(=N)N)c1Cl. The lowest BCUT2D eigenvalue weighted by atomic mass is 10.2. The number of nitrogens with zero attached hydrogens (tertiary/aromatic N) is 2. The van der Waals surface area contributed by atoms with Gasteiger partial charge < -0.3 is 15.4 Å². The van der Waals surface area contributed by atoms with Crippen LogP contribution in [0, 0.1) is 11.3 Å². The summed E-state index contributed by atoms with van der Waals surface area (Å²) < 4.78 is 5.11. The van der Waals surface area contributed by atoms with Crippen LogP contribution < -0.4 is 10.6 Å². The Morgan fingerprint density at radius 3 is 2.79 bits per heavy atom. The number of hydrogen-bond acceptors (Lipinski definition) is 4. The van der Waals surface area contributed by atoms with Gasteiger partial charge in [-0.05, 0) is 12.0 Å². The summed E-state index contributed by atoms with van der Waals surface area (Å²) in [7, 11) is 1.66. The van der Waals surface area contributed by atoms with Crippen molar-refractivity contribution >= 4 is 23.3 Å². The largest absolute Gasteiger partial charge is 0.384 e. The van der Waals surface area contributed by atoms with E-state index in [9.17, 15) is 0 Å². The molecule has 0 atom stereocenters. The van der Waals surface area contributed by atoms with Crippen molar-refractivity contribution in [2.75, 3.05) is 31.7 Å². The molecule has 0 aromatic carbocycles. The fourth-order valence-electron chi connectivity index (χ4n) is 1.79. The summed E-state index contributed by atoms with van der Waals surface area (Å²) in [5.41, 5.74) is 6.02. The van der Waals surface area contributed by atoms with E-state index in [1.807, 2.05) is 0 Å². The zero-order chi connectivity index (χ0) is 14.4. The second-order valence-corrected chi connectivity index (χ2v) is 5.12. The van der Waals surface area contributed by atoms with Gasteiger partial charge in [-0.25, -0.2) is 4.98 Å². The number of nitrogens with two attached hydrogens (primary N) is 1. The van der Waals surface area contributed by atoms with Crippen LogP contribution in [0.15, 0.2) is 12.3 Å². The summed E-state index contributed by atoms with van der Waals surface area (Å²) in [5, 5.41) is 7.94. The average molecular weight is 285 g/mol. The smallest absolute Gasteiger partial charge is 0.148 e. The average Bonchev–Trinajstić information content (AvgIpc) is 2.34. The van der Waals surface area contributed by atoms with E-state index in [2.05, 4.69) is 23.7 Å². The molecular weight excluding hydrogens is 264 g/mol. The molecule has 3 N–H and O–H groups in total. The monoisotopic (exact) mass is 284 g/mol. The summed E-state index contributed by atoms with van der Waals surface area (Å²) in [5.74, 6) is 1.07. The number of halogens is 1. The molecule has 1 aromatic rings. The molecule has 0 aliphatic heterocycles. The summed E-state index contributed by atoms with van der Waals surface area (Å²) in [6, 6.07) is 1.65. The Morgan fingerprint density at radius 1 is 1.58 bits per heavy atom. The van der Waals surface area contributed by atoms with Gasteiger partial charge in [0, 0.05) is 32.0 Å². The van der Waals surface area contributed by atoms with Crippen LogP contribution in [0.4, 0.5) is 5.82 Å². The summed E-state index contributed by atoms with van der Waals surface area (Å²) in [4.78, 5) is 6.37. The Morgan fingerprint density at radius 2 is 2.26 bits per heavy atom. The number of rotatable bonds is 7. The number of nitrogens with one attached hydrogen (secondary N) is 1. The molecule has 1 aromatic heterocycles. The third-order valence-electron chi connectivity index (χ3n) is 2.61. The Bertz CT molecular complexity index is 437. The fourth-order valence-corrected chi connectivity index (χ4v) is 2.12. The Kier molecular flexibility index (Phi) is 6.05. The zero-order valence-electron chi connectivity index (χ0n) is 11.6. The lowest BCUT2D eigenvalue weighted by Crippen LogP contribution is -2.32. The molecule has 0 spiro atoms. The van der Waals surface area contributed by atoms with Crippen molar-refractivity contribution in [2.24, 2.45) is 11.7 Å². The maximum atomic E-state index is 7.52. The Labute approximate surface area is 119 Å². The van der Waals surface area contributed by atoms with Gasteiger partial charge in [0.25, 0.3) is 0 Å². The topological polar surface area (TPSA) is 75.2 Å². The van der Waals surface area contributed by atoms with Gasteiger partial charge in [-0.15, -0.1) is 0 Å². The lowest BCUT2D eigenvalue weighted by molar-refractivity contribution is 0.204. The highest BCUT2D eigenvalue weighted by atomic mass is 35.5. The molecule has 0 unspecified atom stereocenters. The van der Waals surface area contributed by atoms with Crippen LogP contribution in [-0.2, 0) is 4.74 Å². The van der Waals surface area contributed by atoms with E-state index in [-0.39, 0.29) is 5.84 Å². The number of nitrogen functional groups attached to an aromatic ring is 1. The van der Waals surface area contributed by atoms with E-state index in [4.69, 9.17) is 27.5 Å². The molecule has 5 nitrogen and oxygen atoms in total. The highest BCUT2D eigenvalue weighted by Gasteiger charge is 2.16. The van der Waals surface area contributed by atoms with Crippen LogP contribution in [0.25, 0.3) is 0 Å². The first kappa shape index (κ1) is 15.7. The molecule has 0 saturated heterocycles. The molecule has 1 heterocycles. The van der Waals surface area contributed by atoms with E-state index < -0.39 is 0 Å². The quantitative estimate of drug-likeness (QED) is 0.594. The predicted octanol–water partition coefficient (Wildman–Crippen LogP) is 2.13. The molecule has 0 bridgehead atoms. The summed E-state index contributed by atoms with van der Waals surface area (Å²) >= 11 is 6.30. The van der Waals surface area contributed by atoms with Crippen molar-refractivity contribution in [2.45, 2.75) is 13.8 Å². The van der Waals surface area contributed by atoms with Crippen LogP contribution in [-0.4, -0.2) is 37.6 Å². The van der Waals surface area contributed by atoms with Crippen molar-refractivity contribution < 1.29 is 4.74 Å². The van der Waals surface area contributed by atoms with Gasteiger partial charge in [0.1, 0.15) is 11.7 Å². The number of amidine groups is 1. The van der Waals surface area contributed by atoms with Crippen molar-refractivity contribution in [3.05, 3.63) is 22.8 Å². The van der Waals surface area contributed by atoms with Crippen LogP contribution in [0.2, 0.25) is 5.02 Å². The number of anilines is 1. The number of ether oxygens (including phenoxy) is 1. The first-order chi connectivity index (χ1) is 8.97. The van der Waals surface area contributed by atoms with Gasteiger partial charge in [0.15, 0.2) is 0 Å². The third kappa shape index (κ3) is 4.36. The van der Waals surface area contributed by atoms with Gasteiger partial charge in [0.05, 0.1) is 11.6 Å². The van der Waals surface area contributed by atoms with Gasteiger partial charge in [-0.2, -0.15) is 0 Å².